The Morgan fingerprint density at radius 2 is 2.37 bits per heavy atom. The van der Waals surface area contributed by atoms with E-state index in [9.17, 15) is 5.11 Å². The quantitative estimate of drug-likeness (QED) is 0.323. The predicted octanol–water partition coefficient (Wildman–Crippen LogP) is 0.693. The lowest BCUT2D eigenvalue weighted by molar-refractivity contribution is 0.208. The molecule has 0 spiro atoms. The third kappa shape index (κ3) is 2.96. The fourth-order valence-corrected chi connectivity index (χ4v) is 2.44. The molecular formula is C13H20N4O2. The average molecular weight is 264 g/mol. The summed E-state index contributed by atoms with van der Waals surface area (Å²) < 4.78 is 0. The smallest absolute Gasteiger partial charge is 0.173 e. The molecule has 0 aromatic carbocycles. The molecule has 1 saturated heterocycles. The number of aromatic nitrogens is 1. The molecule has 1 aromatic rings. The van der Waals surface area contributed by atoms with Gasteiger partial charge in [0.25, 0.3) is 0 Å². The molecule has 1 aromatic heterocycles. The number of aryl methyl sites for hydroxylation is 1. The molecule has 104 valence electrons. The molecule has 6 heteroatoms. The molecule has 0 radical (unpaired) electrons. The van der Waals surface area contributed by atoms with Crippen molar-refractivity contribution in [2.24, 2.45) is 16.8 Å². The maximum Gasteiger partial charge on any atom is 0.173 e. The molecule has 2 heterocycles. The van der Waals surface area contributed by atoms with Gasteiger partial charge in [-0.3, -0.25) is 0 Å². The van der Waals surface area contributed by atoms with Crippen molar-refractivity contribution in [1.29, 1.82) is 0 Å². The van der Waals surface area contributed by atoms with Crippen LogP contribution in [-0.2, 0) is 0 Å². The largest absolute Gasteiger partial charge is 0.409 e. The molecule has 0 bridgehead atoms. The highest BCUT2D eigenvalue weighted by Crippen LogP contribution is 2.25. The summed E-state index contributed by atoms with van der Waals surface area (Å²) >= 11 is 0. The zero-order valence-corrected chi connectivity index (χ0v) is 11.1. The summed E-state index contributed by atoms with van der Waals surface area (Å²) in [5, 5.41) is 21.2. The Balaban J connectivity index is 2.34. The van der Waals surface area contributed by atoms with Gasteiger partial charge in [0.1, 0.15) is 5.82 Å². The fourth-order valence-electron chi connectivity index (χ4n) is 2.44. The number of anilines is 1. The van der Waals surface area contributed by atoms with E-state index in [1.807, 2.05) is 19.1 Å². The van der Waals surface area contributed by atoms with E-state index < -0.39 is 0 Å². The summed E-state index contributed by atoms with van der Waals surface area (Å²) in [6.07, 6.45) is 2.04. The molecule has 2 rings (SSSR count). The molecule has 0 aliphatic carbocycles. The van der Waals surface area contributed by atoms with Crippen molar-refractivity contribution in [3.05, 3.63) is 23.4 Å². The zero-order chi connectivity index (χ0) is 13.8. The van der Waals surface area contributed by atoms with Gasteiger partial charge in [-0.25, -0.2) is 4.98 Å². The number of oxime groups is 1. The van der Waals surface area contributed by atoms with Gasteiger partial charge < -0.3 is 20.9 Å². The Hall–Kier alpha value is -1.82. The lowest BCUT2D eigenvalue weighted by Crippen LogP contribution is -2.38. The van der Waals surface area contributed by atoms with E-state index >= 15 is 0 Å². The second-order valence-electron chi connectivity index (χ2n) is 4.95. The Kier molecular flexibility index (Phi) is 4.21. The van der Waals surface area contributed by atoms with E-state index in [2.05, 4.69) is 15.0 Å². The first-order chi connectivity index (χ1) is 9.15. The van der Waals surface area contributed by atoms with E-state index in [1.165, 1.54) is 0 Å². The summed E-state index contributed by atoms with van der Waals surface area (Å²) in [6.45, 7) is 3.71. The number of nitrogens with two attached hydrogens (primary N) is 1. The predicted molar refractivity (Wildman–Crippen MR) is 73.5 cm³/mol. The van der Waals surface area contributed by atoms with Crippen LogP contribution in [0.4, 0.5) is 5.82 Å². The molecule has 1 fully saturated rings. The van der Waals surface area contributed by atoms with Gasteiger partial charge in [0.15, 0.2) is 5.84 Å². The molecule has 4 N–H and O–H groups in total. The fraction of sp³-hybridized carbons (Fsp3) is 0.538. The molecular weight excluding hydrogens is 244 g/mol. The van der Waals surface area contributed by atoms with Crippen LogP contribution in [0.1, 0.15) is 24.1 Å². The number of aliphatic hydroxyl groups is 1. The number of nitrogens with zero attached hydrogens (tertiary/aromatic N) is 3. The Morgan fingerprint density at radius 3 is 3.05 bits per heavy atom. The highest BCUT2D eigenvalue weighted by molar-refractivity contribution is 6.01. The number of rotatable bonds is 3. The number of amidine groups is 1. The van der Waals surface area contributed by atoms with E-state index in [0.717, 1.165) is 37.4 Å². The normalized spacial score (nSPS) is 20.6. The standard InChI is InChI=1S/C13H20N4O2/c1-9-4-5-11(12(14)16-19)13(15-9)17-6-2-3-10(7-17)8-18/h4-5,10,18-19H,2-3,6-8H2,1H3,(H2,14,16). The van der Waals surface area contributed by atoms with Crippen molar-refractivity contribution in [1.82, 2.24) is 4.98 Å². The second-order valence-corrected chi connectivity index (χ2v) is 4.95. The maximum absolute atomic E-state index is 9.30. The van der Waals surface area contributed by atoms with E-state index in [-0.39, 0.29) is 18.4 Å². The van der Waals surface area contributed by atoms with Crippen molar-refractivity contribution in [3.63, 3.8) is 0 Å². The Labute approximate surface area is 112 Å². The molecule has 1 atom stereocenters. The lowest BCUT2D eigenvalue weighted by atomic mass is 9.98. The van der Waals surface area contributed by atoms with E-state index in [4.69, 9.17) is 10.9 Å². The third-order valence-electron chi connectivity index (χ3n) is 3.47. The van der Waals surface area contributed by atoms with Gasteiger partial charge in [-0.05, 0) is 37.8 Å². The summed E-state index contributed by atoms with van der Waals surface area (Å²) in [4.78, 5) is 6.61. The third-order valence-corrected chi connectivity index (χ3v) is 3.47. The molecule has 1 aliphatic heterocycles. The number of aliphatic hydroxyl groups excluding tert-OH is 1. The van der Waals surface area contributed by atoms with Crippen molar-refractivity contribution >= 4 is 11.7 Å². The summed E-state index contributed by atoms with van der Waals surface area (Å²) in [6, 6.07) is 3.65. The second kappa shape index (κ2) is 5.88. The zero-order valence-electron chi connectivity index (χ0n) is 11.1. The van der Waals surface area contributed by atoms with Crippen LogP contribution in [0.2, 0.25) is 0 Å². The minimum absolute atomic E-state index is 0.0635. The lowest BCUT2D eigenvalue weighted by Gasteiger charge is -2.33. The first kappa shape index (κ1) is 13.6. The number of hydrogen-bond donors (Lipinski definition) is 3. The van der Waals surface area contributed by atoms with Gasteiger partial charge in [0.05, 0.1) is 5.56 Å². The minimum Gasteiger partial charge on any atom is -0.409 e. The van der Waals surface area contributed by atoms with E-state index in [1.54, 1.807) is 0 Å². The van der Waals surface area contributed by atoms with Crippen LogP contribution in [0, 0.1) is 12.8 Å². The average Bonchev–Trinajstić information content (AvgIpc) is 2.46. The molecule has 0 amide bonds. The highest BCUT2D eigenvalue weighted by Gasteiger charge is 2.23. The van der Waals surface area contributed by atoms with Gasteiger partial charge in [0, 0.05) is 25.4 Å². The van der Waals surface area contributed by atoms with Crippen LogP contribution in [0.5, 0.6) is 0 Å². The van der Waals surface area contributed by atoms with Gasteiger partial charge >= 0.3 is 0 Å². The van der Waals surface area contributed by atoms with Gasteiger partial charge in [-0.2, -0.15) is 0 Å². The SMILES string of the molecule is Cc1ccc(C(N)=NO)c(N2CCCC(CO)C2)n1. The Morgan fingerprint density at radius 1 is 1.58 bits per heavy atom. The molecule has 6 nitrogen and oxygen atoms in total. The summed E-state index contributed by atoms with van der Waals surface area (Å²) in [7, 11) is 0. The number of piperidine rings is 1. The highest BCUT2D eigenvalue weighted by atomic mass is 16.4. The van der Waals surface area contributed by atoms with Gasteiger partial charge in [-0.1, -0.05) is 5.16 Å². The monoisotopic (exact) mass is 264 g/mol. The van der Waals surface area contributed by atoms with Gasteiger partial charge in [-0.15, -0.1) is 0 Å². The Bertz CT molecular complexity index is 476. The van der Waals surface area contributed by atoms with Gasteiger partial charge in [0.2, 0.25) is 0 Å². The number of hydrogen-bond acceptors (Lipinski definition) is 5. The van der Waals surface area contributed by atoms with E-state index in [0.29, 0.717) is 5.56 Å². The topological polar surface area (TPSA) is 95.0 Å². The van der Waals surface area contributed by atoms with Crippen molar-refractivity contribution in [3.8, 4) is 0 Å². The molecule has 0 saturated carbocycles. The van der Waals surface area contributed by atoms with Crippen LogP contribution >= 0.6 is 0 Å². The minimum atomic E-state index is 0.0635. The first-order valence-electron chi connectivity index (χ1n) is 6.47. The molecule has 1 aliphatic rings. The summed E-state index contributed by atoms with van der Waals surface area (Å²) in [5.41, 5.74) is 7.22. The molecule has 19 heavy (non-hydrogen) atoms. The first-order valence-corrected chi connectivity index (χ1v) is 6.47. The van der Waals surface area contributed by atoms with Crippen LogP contribution < -0.4 is 10.6 Å². The number of pyridine rings is 1. The van der Waals surface area contributed by atoms with Crippen molar-refractivity contribution < 1.29 is 10.3 Å². The van der Waals surface area contributed by atoms with Crippen molar-refractivity contribution in [2.75, 3.05) is 24.6 Å². The molecule has 1 unspecified atom stereocenters. The summed E-state index contributed by atoms with van der Waals surface area (Å²) in [5.74, 6) is 1.05. The van der Waals surface area contributed by atoms with Crippen LogP contribution in [0.3, 0.4) is 0 Å². The van der Waals surface area contributed by atoms with Crippen LogP contribution in [-0.4, -0.2) is 40.8 Å². The van der Waals surface area contributed by atoms with Crippen molar-refractivity contribution in [2.45, 2.75) is 19.8 Å². The van der Waals surface area contributed by atoms with Crippen LogP contribution in [0.15, 0.2) is 17.3 Å². The maximum atomic E-state index is 9.30. The van der Waals surface area contributed by atoms with Crippen LogP contribution in [0.25, 0.3) is 0 Å².